The van der Waals surface area contributed by atoms with E-state index in [0.29, 0.717) is 23.0 Å². The van der Waals surface area contributed by atoms with Crippen molar-refractivity contribution in [1.29, 1.82) is 0 Å². The number of nitrogens with one attached hydrogen (secondary N) is 1. The summed E-state index contributed by atoms with van der Waals surface area (Å²) in [5.74, 6) is 1.30. The molecule has 2 aliphatic rings. The number of aromatic nitrogens is 4. The molecule has 206 valence electrons. The summed E-state index contributed by atoms with van der Waals surface area (Å²) in [4.78, 5) is 25.4. The molecule has 6 rings (SSSR count). The summed E-state index contributed by atoms with van der Waals surface area (Å²) in [6.07, 6.45) is 3.63. The van der Waals surface area contributed by atoms with E-state index in [4.69, 9.17) is 9.47 Å². The highest BCUT2D eigenvalue weighted by Gasteiger charge is 2.31. The molecule has 0 spiro atoms. The molecular formula is C27H23Br2N5O4S2. The second-order valence-corrected chi connectivity index (χ2v) is 13.6. The van der Waals surface area contributed by atoms with Crippen LogP contribution in [0.1, 0.15) is 39.0 Å². The number of fused-ring (bicyclic) bond motifs is 2. The summed E-state index contributed by atoms with van der Waals surface area (Å²) in [5.41, 5.74) is 2.04. The third-order valence-corrected chi connectivity index (χ3v) is 9.48. The van der Waals surface area contributed by atoms with Crippen molar-refractivity contribution in [2.45, 2.75) is 57.2 Å². The Morgan fingerprint density at radius 1 is 0.800 bits per heavy atom. The van der Waals surface area contributed by atoms with E-state index in [9.17, 15) is 9.59 Å². The maximum absolute atomic E-state index is 12.8. The van der Waals surface area contributed by atoms with E-state index in [0.717, 1.165) is 67.3 Å². The van der Waals surface area contributed by atoms with E-state index in [1.165, 1.54) is 22.7 Å². The highest BCUT2D eigenvalue weighted by Crippen LogP contribution is 2.33. The van der Waals surface area contributed by atoms with Crippen LogP contribution in [0, 0.1) is 0 Å². The van der Waals surface area contributed by atoms with Gasteiger partial charge in [-0.05, 0) is 60.4 Å². The van der Waals surface area contributed by atoms with Gasteiger partial charge in [0, 0.05) is 34.6 Å². The first-order valence-corrected chi connectivity index (χ1v) is 16.0. The third-order valence-electron chi connectivity index (χ3n) is 6.61. The highest BCUT2D eigenvalue weighted by molar-refractivity contribution is 9.10. The number of nitrogens with zero attached hydrogens (tertiary/aromatic N) is 4. The number of unbranched alkanes of at least 4 members (excludes halogenated alkanes) is 1. The Kier molecular flexibility index (Phi) is 8.24. The molecule has 0 fully saturated rings. The molecule has 1 amide bonds. The Balaban J connectivity index is 0.914. The van der Waals surface area contributed by atoms with E-state index < -0.39 is 12.2 Å². The van der Waals surface area contributed by atoms with Gasteiger partial charge in [-0.3, -0.25) is 14.9 Å². The minimum Gasteiger partial charge on any atom is -0.482 e. The van der Waals surface area contributed by atoms with Crippen molar-refractivity contribution in [3.63, 3.8) is 0 Å². The van der Waals surface area contributed by atoms with Crippen molar-refractivity contribution in [2.75, 3.05) is 5.32 Å². The number of halogens is 2. The molecule has 4 heterocycles. The maximum Gasteiger partial charge on any atom is 0.267 e. The molecule has 13 heteroatoms. The summed E-state index contributed by atoms with van der Waals surface area (Å²) < 4.78 is 13.5. The van der Waals surface area contributed by atoms with Gasteiger partial charge >= 0.3 is 0 Å². The number of hydrogen-bond acceptors (Lipinski definition) is 10. The van der Waals surface area contributed by atoms with Crippen LogP contribution in [0.2, 0.25) is 0 Å². The molecule has 2 aromatic heterocycles. The number of carbonyl (C=O) groups excluding carboxylic acids is 2. The average molecular weight is 705 g/mol. The number of ketones is 1. The number of benzene rings is 2. The smallest absolute Gasteiger partial charge is 0.267 e. The van der Waals surface area contributed by atoms with Crippen molar-refractivity contribution >= 4 is 71.4 Å². The zero-order valence-electron chi connectivity index (χ0n) is 21.1. The molecule has 0 bridgehead atoms. The number of anilines is 1. The molecule has 4 aromatic rings. The van der Waals surface area contributed by atoms with Crippen molar-refractivity contribution in [3.05, 3.63) is 71.5 Å². The summed E-state index contributed by atoms with van der Waals surface area (Å²) in [6, 6.07) is 11.5. The van der Waals surface area contributed by atoms with E-state index in [1.807, 2.05) is 36.4 Å². The van der Waals surface area contributed by atoms with Gasteiger partial charge in [-0.15, -0.1) is 31.7 Å². The van der Waals surface area contributed by atoms with Gasteiger partial charge in [0.15, 0.2) is 18.0 Å². The van der Waals surface area contributed by atoms with Crippen molar-refractivity contribution < 1.29 is 19.1 Å². The molecule has 9 nitrogen and oxygen atoms in total. The van der Waals surface area contributed by atoms with Crippen LogP contribution in [0.25, 0.3) is 0 Å². The molecule has 0 aliphatic carbocycles. The van der Waals surface area contributed by atoms with Gasteiger partial charge in [0.25, 0.3) is 5.91 Å². The van der Waals surface area contributed by atoms with E-state index >= 15 is 0 Å². The Labute approximate surface area is 255 Å². The topological polar surface area (TPSA) is 116 Å². The first-order valence-electron chi connectivity index (χ1n) is 12.8. The summed E-state index contributed by atoms with van der Waals surface area (Å²) >= 11 is 9.76. The predicted octanol–water partition coefficient (Wildman–Crippen LogP) is 5.54. The van der Waals surface area contributed by atoms with Crippen molar-refractivity contribution in [2.24, 2.45) is 0 Å². The average Bonchev–Trinajstić information content (AvgIpc) is 3.72. The lowest BCUT2D eigenvalue weighted by atomic mass is 10.1. The third kappa shape index (κ3) is 6.42. The molecule has 2 unspecified atom stereocenters. The fraction of sp³-hybridized carbons (Fsp3) is 0.333. The lowest BCUT2D eigenvalue weighted by Crippen LogP contribution is -2.31. The summed E-state index contributed by atoms with van der Waals surface area (Å²) in [7, 11) is 0. The molecule has 0 saturated heterocycles. The quantitative estimate of drug-likeness (QED) is 0.214. The zero-order valence-corrected chi connectivity index (χ0v) is 25.9. The normalized spacial score (nSPS) is 17.1. The Bertz CT molecular complexity index is 1460. The minimum absolute atomic E-state index is 0.0197. The molecule has 40 heavy (non-hydrogen) atoms. The van der Waals surface area contributed by atoms with Crippen LogP contribution < -0.4 is 14.8 Å². The molecule has 2 aromatic carbocycles. The Morgan fingerprint density at radius 3 is 2.08 bits per heavy atom. The molecule has 0 saturated carbocycles. The molecule has 2 aliphatic heterocycles. The van der Waals surface area contributed by atoms with Crippen molar-refractivity contribution in [1.82, 2.24) is 20.4 Å². The molecule has 0 radical (unpaired) electrons. The van der Waals surface area contributed by atoms with Gasteiger partial charge in [0.2, 0.25) is 5.13 Å². The second kappa shape index (κ2) is 12.0. The standard InChI is InChI=1S/C27H23Br2N5O4S2/c28-16-5-7-19-14(9-16)11-21(37-19)18(35)13-25-33-31-23(39-25)3-1-2-4-24-32-34-27(40-24)30-26(36)22-12-15-10-17(29)6-8-20(15)38-22/h5-10,21-22H,1-4,11-13H2,(H,30,34,36). The van der Waals surface area contributed by atoms with Gasteiger partial charge in [0.05, 0.1) is 6.42 Å². The number of rotatable bonds is 10. The van der Waals surface area contributed by atoms with Crippen LogP contribution in [0.15, 0.2) is 45.3 Å². The summed E-state index contributed by atoms with van der Waals surface area (Å²) in [5, 5.41) is 22.6. The number of hydrogen-bond donors (Lipinski definition) is 1. The Hall–Kier alpha value is -2.74. The van der Waals surface area contributed by atoms with Gasteiger partial charge in [-0.1, -0.05) is 43.2 Å². The van der Waals surface area contributed by atoms with Crippen LogP contribution in [-0.2, 0) is 41.7 Å². The zero-order chi connectivity index (χ0) is 27.6. The number of amides is 1. The van der Waals surface area contributed by atoms with Gasteiger partial charge < -0.3 is 9.47 Å². The Morgan fingerprint density at radius 2 is 1.38 bits per heavy atom. The number of Topliss-reactive ketones (excluding diaryl/α,β-unsaturated/α-hetero) is 1. The summed E-state index contributed by atoms with van der Waals surface area (Å²) in [6.45, 7) is 0. The van der Waals surface area contributed by atoms with Crippen molar-refractivity contribution in [3.8, 4) is 11.5 Å². The van der Waals surface area contributed by atoms with Crippen LogP contribution in [0.3, 0.4) is 0 Å². The van der Waals surface area contributed by atoms with Crippen LogP contribution in [0.5, 0.6) is 11.5 Å². The number of aryl methyl sites for hydroxylation is 2. The number of ether oxygens (including phenoxy) is 2. The van der Waals surface area contributed by atoms with E-state index in [-0.39, 0.29) is 18.1 Å². The lowest BCUT2D eigenvalue weighted by Gasteiger charge is -2.08. The van der Waals surface area contributed by atoms with Crippen LogP contribution >= 0.6 is 54.5 Å². The predicted molar refractivity (Wildman–Crippen MR) is 158 cm³/mol. The molecule has 2 atom stereocenters. The van der Waals surface area contributed by atoms with Crippen LogP contribution in [-0.4, -0.2) is 44.3 Å². The second-order valence-electron chi connectivity index (χ2n) is 9.56. The largest absolute Gasteiger partial charge is 0.482 e. The maximum atomic E-state index is 12.8. The van der Waals surface area contributed by atoms with Gasteiger partial charge in [-0.2, -0.15) is 0 Å². The fourth-order valence-electron chi connectivity index (χ4n) is 4.63. The molecule has 1 N–H and O–H groups in total. The lowest BCUT2D eigenvalue weighted by molar-refractivity contribution is -0.124. The van der Waals surface area contributed by atoms with Gasteiger partial charge in [-0.25, -0.2) is 0 Å². The minimum atomic E-state index is -0.576. The van der Waals surface area contributed by atoms with Gasteiger partial charge in [0.1, 0.15) is 26.5 Å². The SMILES string of the molecule is O=C(Cc1nnc(CCCCc2nnc(NC(=O)C3Cc4cc(Br)ccc4O3)s2)s1)C1Cc2cc(Br)ccc2O1. The molecular weight excluding hydrogens is 682 g/mol. The fourth-order valence-corrected chi connectivity index (χ4v) is 7.12. The monoisotopic (exact) mass is 703 g/mol. The first-order chi connectivity index (χ1) is 19.4. The number of carbonyl (C=O) groups is 2. The first kappa shape index (κ1) is 27.4. The van der Waals surface area contributed by atoms with E-state index in [2.05, 4.69) is 57.6 Å². The van der Waals surface area contributed by atoms with E-state index in [1.54, 1.807) is 0 Å². The highest BCUT2D eigenvalue weighted by atomic mass is 79.9. The van der Waals surface area contributed by atoms with Crippen LogP contribution in [0.4, 0.5) is 5.13 Å².